The molecule has 0 heterocycles. The molecule has 0 unspecified atom stereocenters. The molecule has 0 radical (unpaired) electrons. The topological polar surface area (TPSA) is 72.9 Å². The van der Waals surface area contributed by atoms with Crippen molar-refractivity contribution in [1.29, 1.82) is 0 Å². The van der Waals surface area contributed by atoms with Crippen molar-refractivity contribution in [2.45, 2.75) is 65.3 Å². The Kier molecular flexibility index (Phi) is 11.8. The second-order valence-electron chi connectivity index (χ2n) is 6.90. The highest BCUT2D eigenvalue weighted by atomic mass is 32.2. The van der Waals surface area contributed by atoms with E-state index in [1.165, 1.54) is 32.6 Å². The van der Waals surface area contributed by atoms with Crippen LogP contribution in [0, 0.1) is 0 Å². The fourth-order valence-electron chi connectivity index (χ4n) is 2.83. The summed E-state index contributed by atoms with van der Waals surface area (Å²) < 4.78 is 33.5. The summed E-state index contributed by atoms with van der Waals surface area (Å²) in [7, 11) is -1.96. The second-order valence-corrected chi connectivity index (χ2v) is 8.76. The predicted molar refractivity (Wildman–Crippen MR) is 112 cm³/mol. The van der Waals surface area contributed by atoms with Crippen LogP contribution < -0.4 is 4.18 Å². The van der Waals surface area contributed by atoms with Gasteiger partial charge in [-0.3, -0.25) is 4.79 Å². The maximum absolute atomic E-state index is 12.6. The van der Waals surface area contributed by atoms with Crippen molar-refractivity contribution in [2.75, 3.05) is 26.0 Å². The van der Waals surface area contributed by atoms with E-state index in [0.29, 0.717) is 26.1 Å². The Hall–Kier alpha value is -1.60. The van der Waals surface area contributed by atoms with Gasteiger partial charge in [0, 0.05) is 26.6 Å². The van der Waals surface area contributed by atoms with Gasteiger partial charge in [-0.2, -0.15) is 8.42 Å². The minimum atomic E-state index is -3.57. The monoisotopic (exact) mass is 413 g/mol. The van der Waals surface area contributed by atoms with Crippen LogP contribution in [0.1, 0.15) is 64.4 Å². The lowest BCUT2D eigenvalue weighted by atomic mass is 10.1. The predicted octanol–water partition coefficient (Wildman–Crippen LogP) is 4.14. The molecule has 0 aliphatic carbocycles. The number of hydrogen-bond donors (Lipinski definition) is 0. The van der Waals surface area contributed by atoms with Crippen molar-refractivity contribution in [3.05, 3.63) is 29.8 Å². The van der Waals surface area contributed by atoms with E-state index >= 15 is 0 Å². The van der Waals surface area contributed by atoms with Crippen molar-refractivity contribution < 1.29 is 22.1 Å². The summed E-state index contributed by atoms with van der Waals surface area (Å²) in [5.74, 6) is 0.281. The number of amides is 1. The van der Waals surface area contributed by atoms with Gasteiger partial charge in [0.15, 0.2) is 0 Å². The first kappa shape index (κ1) is 24.4. The van der Waals surface area contributed by atoms with Crippen LogP contribution in [0.25, 0.3) is 0 Å². The highest BCUT2D eigenvalue weighted by Crippen LogP contribution is 2.18. The fourth-order valence-corrected chi connectivity index (χ4v) is 3.34. The quantitative estimate of drug-likeness (QED) is 0.319. The standard InChI is InChI=1S/C21H35NO5S/c1-4-6-7-8-9-10-14-21(23)22(15-16-26-3)18-19-12-11-13-20(17-19)27-28(24,25)5-2/h11-13,17H,4-10,14-16,18H2,1-3H3. The Bertz CT molecular complexity index is 675. The molecule has 1 aromatic rings. The maximum atomic E-state index is 12.6. The van der Waals surface area contributed by atoms with Crippen LogP contribution in [0.3, 0.4) is 0 Å². The van der Waals surface area contributed by atoms with Crippen molar-refractivity contribution in [1.82, 2.24) is 4.90 Å². The molecule has 160 valence electrons. The van der Waals surface area contributed by atoms with E-state index in [0.717, 1.165) is 18.4 Å². The number of rotatable bonds is 15. The second kappa shape index (κ2) is 13.6. The molecular formula is C21H35NO5S. The first-order chi connectivity index (χ1) is 13.4. The molecule has 0 saturated carbocycles. The zero-order valence-corrected chi connectivity index (χ0v) is 18.3. The summed E-state index contributed by atoms with van der Waals surface area (Å²) in [4.78, 5) is 14.4. The smallest absolute Gasteiger partial charge is 0.308 e. The van der Waals surface area contributed by atoms with Gasteiger partial charge in [0.25, 0.3) is 0 Å². The number of carbonyl (C=O) groups excluding carboxylic acids is 1. The van der Waals surface area contributed by atoms with Crippen LogP contribution in [0.4, 0.5) is 0 Å². The minimum Gasteiger partial charge on any atom is -0.383 e. The molecule has 0 aromatic heterocycles. The summed E-state index contributed by atoms with van der Waals surface area (Å²) in [6, 6.07) is 6.88. The van der Waals surface area contributed by atoms with Gasteiger partial charge in [-0.25, -0.2) is 0 Å². The number of nitrogens with zero attached hydrogens (tertiary/aromatic N) is 1. The molecular weight excluding hydrogens is 378 g/mol. The highest BCUT2D eigenvalue weighted by Gasteiger charge is 2.15. The molecule has 0 aliphatic rings. The first-order valence-electron chi connectivity index (χ1n) is 10.2. The Morgan fingerprint density at radius 1 is 1.07 bits per heavy atom. The molecule has 0 atom stereocenters. The number of unbranched alkanes of at least 4 members (excludes halogenated alkanes) is 5. The lowest BCUT2D eigenvalue weighted by molar-refractivity contribution is -0.132. The van der Waals surface area contributed by atoms with Gasteiger partial charge >= 0.3 is 10.1 Å². The van der Waals surface area contributed by atoms with E-state index in [4.69, 9.17) is 8.92 Å². The Morgan fingerprint density at radius 3 is 2.46 bits per heavy atom. The number of benzene rings is 1. The van der Waals surface area contributed by atoms with Crippen molar-refractivity contribution in [2.24, 2.45) is 0 Å². The molecule has 6 nitrogen and oxygen atoms in total. The summed E-state index contributed by atoms with van der Waals surface area (Å²) in [6.45, 7) is 5.09. The van der Waals surface area contributed by atoms with E-state index in [-0.39, 0.29) is 17.4 Å². The maximum Gasteiger partial charge on any atom is 0.308 e. The molecule has 1 aromatic carbocycles. The van der Waals surface area contributed by atoms with Crippen LogP contribution in [0.5, 0.6) is 5.75 Å². The molecule has 0 bridgehead atoms. The van der Waals surface area contributed by atoms with Crippen LogP contribution >= 0.6 is 0 Å². The van der Waals surface area contributed by atoms with Gasteiger partial charge in [-0.1, -0.05) is 51.2 Å². The molecule has 0 aliphatic heterocycles. The van der Waals surface area contributed by atoms with Gasteiger partial charge in [-0.05, 0) is 31.0 Å². The lowest BCUT2D eigenvalue weighted by Crippen LogP contribution is -2.33. The number of ether oxygens (including phenoxy) is 1. The normalized spacial score (nSPS) is 11.4. The first-order valence-corrected chi connectivity index (χ1v) is 11.8. The summed E-state index contributed by atoms with van der Waals surface area (Å²) >= 11 is 0. The van der Waals surface area contributed by atoms with Crippen LogP contribution in [-0.4, -0.2) is 45.2 Å². The van der Waals surface area contributed by atoms with Gasteiger partial charge < -0.3 is 13.8 Å². The molecule has 1 rings (SSSR count). The average molecular weight is 414 g/mol. The zero-order valence-electron chi connectivity index (χ0n) is 17.5. The average Bonchev–Trinajstić information content (AvgIpc) is 2.67. The fraction of sp³-hybridized carbons (Fsp3) is 0.667. The third-order valence-corrected chi connectivity index (χ3v) is 5.66. The summed E-state index contributed by atoms with van der Waals surface area (Å²) in [5.41, 5.74) is 0.830. The van der Waals surface area contributed by atoms with E-state index in [9.17, 15) is 13.2 Å². The largest absolute Gasteiger partial charge is 0.383 e. The molecule has 7 heteroatoms. The van der Waals surface area contributed by atoms with E-state index in [1.807, 2.05) is 6.07 Å². The van der Waals surface area contributed by atoms with Crippen molar-refractivity contribution in [3.8, 4) is 5.75 Å². The van der Waals surface area contributed by atoms with E-state index in [2.05, 4.69) is 6.92 Å². The molecule has 0 saturated heterocycles. The molecule has 0 N–H and O–H groups in total. The van der Waals surface area contributed by atoms with Crippen LogP contribution in [0.15, 0.2) is 24.3 Å². The van der Waals surface area contributed by atoms with Gasteiger partial charge in [-0.15, -0.1) is 0 Å². The SMILES string of the molecule is CCCCCCCCC(=O)N(CCOC)Cc1cccc(OS(=O)(=O)CC)c1. The van der Waals surface area contributed by atoms with Crippen LogP contribution in [-0.2, 0) is 26.2 Å². The zero-order chi connectivity index (χ0) is 20.8. The van der Waals surface area contributed by atoms with Gasteiger partial charge in [0.1, 0.15) is 5.75 Å². The van der Waals surface area contributed by atoms with Gasteiger partial charge in [0.2, 0.25) is 5.91 Å². The minimum absolute atomic E-state index is 0.0894. The highest BCUT2D eigenvalue weighted by molar-refractivity contribution is 7.87. The third-order valence-electron chi connectivity index (χ3n) is 4.51. The Labute approximate surface area is 170 Å². The Balaban J connectivity index is 2.66. The van der Waals surface area contributed by atoms with E-state index < -0.39 is 10.1 Å². The molecule has 0 spiro atoms. The van der Waals surface area contributed by atoms with E-state index in [1.54, 1.807) is 30.2 Å². The molecule has 28 heavy (non-hydrogen) atoms. The number of methoxy groups -OCH3 is 1. The van der Waals surface area contributed by atoms with Crippen molar-refractivity contribution in [3.63, 3.8) is 0 Å². The molecule has 0 fully saturated rings. The van der Waals surface area contributed by atoms with Gasteiger partial charge in [0.05, 0.1) is 12.4 Å². The Morgan fingerprint density at radius 2 is 1.79 bits per heavy atom. The van der Waals surface area contributed by atoms with Crippen molar-refractivity contribution >= 4 is 16.0 Å². The third kappa shape index (κ3) is 10.1. The lowest BCUT2D eigenvalue weighted by Gasteiger charge is -2.23. The number of carbonyl (C=O) groups is 1. The van der Waals surface area contributed by atoms with Crippen LogP contribution in [0.2, 0.25) is 0 Å². The molecule has 1 amide bonds. The number of hydrogen-bond acceptors (Lipinski definition) is 5. The summed E-state index contributed by atoms with van der Waals surface area (Å²) in [5, 5.41) is 0. The summed E-state index contributed by atoms with van der Waals surface area (Å²) in [6.07, 6.45) is 7.35.